The van der Waals surface area contributed by atoms with Crippen molar-refractivity contribution in [3.63, 3.8) is 0 Å². The second kappa shape index (κ2) is 9.71. The molecule has 1 heterocycles. The molecule has 0 saturated heterocycles. The first-order valence-electron chi connectivity index (χ1n) is 9.54. The van der Waals surface area contributed by atoms with Crippen LogP contribution in [0.5, 0.6) is 0 Å². The molecule has 3 nitrogen and oxygen atoms in total. The summed E-state index contributed by atoms with van der Waals surface area (Å²) in [5.74, 6) is 0.758. The van der Waals surface area contributed by atoms with Crippen molar-refractivity contribution in [2.24, 2.45) is 0 Å². The Morgan fingerprint density at radius 2 is 1.35 bits per heavy atom. The van der Waals surface area contributed by atoms with Crippen LogP contribution in [-0.2, 0) is 12.8 Å². The van der Waals surface area contributed by atoms with Gasteiger partial charge in [0.05, 0.1) is 0 Å². The fourth-order valence-electron chi connectivity index (χ4n) is 3.08. The molecule has 0 radical (unpaired) electrons. The monoisotopic (exact) mass is 345 g/mol. The zero-order valence-corrected chi connectivity index (χ0v) is 15.5. The summed E-state index contributed by atoms with van der Waals surface area (Å²) in [5, 5.41) is 0. The van der Waals surface area contributed by atoms with Gasteiger partial charge in [-0.25, -0.2) is 9.97 Å². The lowest BCUT2D eigenvalue weighted by Crippen LogP contribution is -2.21. The molecule has 26 heavy (non-hydrogen) atoms. The lowest BCUT2D eigenvalue weighted by Gasteiger charge is -2.22. The topological polar surface area (TPSA) is 29.0 Å². The largest absolute Gasteiger partial charge is 0.311 e. The number of hydrogen-bond donors (Lipinski definition) is 0. The minimum Gasteiger partial charge on any atom is -0.311 e. The van der Waals surface area contributed by atoms with E-state index in [-0.39, 0.29) is 0 Å². The van der Waals surface area contributed by atoms with Crippen LogP contribution in [0.4, 0.5) is 11.6 Å². The first-order chi connectivity index (χ1) is 12.9. The van der Waals surface area contributed by atoms with E-state index >= 15 is 0 Å². The van der Waals surface area contributed by atoms with Gasteiger partial charge in [0, 0.05) is 24.6 Å². The summed E-state index contributed by atoms with van der Waals surface area (Å²) in [6.45, 7) is 3.13. The van der Waals surface area contributed by atoms with Crippen LogP contribution in [0.3, 0.4) is 0 Å². The Balaban J connectivity index is 1.61. The molecule has 0 aliphatic carbocycles. The fraction of sp³-hybridized carbons (Fsp3) is 0.304. The second-order valence-electron chi connectivity index (χ2n) is 6.56. The molecule has 1 aromatic heterocycles. The third-order valence-corrected chi connectivity index (χ3v) is 4.55. The SMILES string of the molecule is CCCCc1ccc(CCCN(c2ccccc2)c2ncccn2)cc1. The number of rotatable bonds is 9. The average molecular weight is 345 g/mol. The zero-order valence-electron chi connectivity index (χ0n) is 15.5. The van der Waals surface area contributed by atoms with Gasteiger partial charge in [-0.15, -0.1) is 0 Å². The van der Waals surface area contributed by atoms with Crippen LogP contribution in [-0.4, -0.2) is 16.5 Å². The Morgan fingerprint density at radius 1 is 0.731 bits per heavy atom. The van der Waals surface area contributed by atoms with E-state index in [9.17, 15) is 0 Å². The zero-order chi connectivity index (χ0) is 18.0. The molecular formula is C23H27N3. The number of aromatic nitrogens is 2. The molecular weight excluding hydrogens is 318 g/mol. The highest BCUT2D eigenvalue weighted by Gasteiger charge is 2.11. The van der Waals surface area contributed by atoms with Gasteiger partial charge in [0.15, 0.2) is 0 Å². The molecule has 0 saturated carbocycles. The highest BCUT2D eigenvalue weighted by molar-refractivity contribution is 5.56. The highest BCUT2D eigenvalue weighted by Crippen LogP contribution is 2.22. The van der Waals surface area contributed by atoms with Crippen molar-refractivity contribution < 1.29 is 0 Å². The summed E-state index contributed by atoms with van der Waals surface area (Å²) in [6, 6.07) is 21.3. The van der Waals surface area contributed by atoms with Crippen LogP contribution in [0, 0.1) is 0 Å². The van der Waals surface area contributed by atoms with Crippen molar-refractivity contribution >= 4 is 11.6 Å². The van der Waals surface area contributed by atoms with Crippen LogP contribution in [0.15, 0.2) is 73.1 Å². The van der Waals surface area contributed by atoms with Crippen molar-refractivity contribution in [2.45, 2.75) is 39.0 Å². The quantitative estimate of drug-likeness (QED) is 0.506. The molecule has 3 aromatic rings. The minimum absolute atomic E-state index is 0.758. The van der Waals surface area contributed by atoms with Crippen molar-refractivity contribution in [3.8, 4) is 0 Å². The molecule has 3 rings (SSSR count). The van der Waals surface area contributed by atoms with Gasteiger partial charge in [0.1, 0.15) is 0 Å². The van der Waals surface area contributed by atoms with Gasteiger partial charge in [-0.1, -0.05) is 55.8 Å². The van der Waals surface area contributed by atoms with Gasteiger partial charge in [-0.3, -0.25) is 0 Å². The predicted octanol–water partition coefficient (Wildman–Crippen LogP) is 5.59. The van der Waals surface area contributed by atoms with Gasteiger partial charge >= 0.3 is 0 Å². The summed E-state index contributed by atoms with van der Waals surface area (Å²) in [4.78, 5) is 11.1. The summed E-state index contributed by atoms with van der Waals surface area (Å²) < 4.78 is 0. The molecule has 0 bridgehead atoms. The van der Waals surface area contributed by atoms with Gasteiger partial charge in [-0.05, 0) is 55.0 Å². The summed E-state index contributed by atoms with van der Waals surface area (Å²) in [6.07, 6.45) is 9.41. The predicted molar refractivity (Wildman–Crippen MR) is 109 cm³/mol. The number of unbranched alkanes of at least 4 members (excludes halogenated alkanes) is 1. The first kappa shape index (κ1) is 18.1. The molecule has 0 N–H and O–H groups in total. The maximum Gasteiger partial charge on any atom is 0.229 e. The molecule has 134 valence electrons. The van der Waals surface area contributed by atoms with Crippen molar-refractivity contribution in [3.05, 3.63) is 84.2 Å². The minimum atomic E-state index is 0.758. The van der Waals surface area contributed by atoms with E-state index in [0.29, 0.717) is 0 Å². The Bertz CT molecular complexity index is 715. The lowest BCUT2D eigenvalue weighted by atomic mass is 10.0. The van der Waals surface area contributed by atoms with Gasteiger partial charge in [0.25, 0.3) is 0 Å². The van der Waals surface area contributed by atoms with E-state index in [1.54, 1.807) is 12.4 Å². The smallest absolute Gasteiger partial charge is 0.229 e. The van der Waals surface area contributed by atoms with Gasteiger partial charge < -0.3 is 4.90 Å². The number of benzene rings is 2. The lowest BCUT2D eigenvalue weighted by molar-refractivity contribution is 0.784. The van der Waals surface area contributed by atoms with E-state index < -0.39 is 0 Å². The van der Waals surface area contributed by atoms with E-state index in [0.717, 1.165) is 31.0 Å². The average Bonchev–Trinajstić information content (AvgIpc) is 2.72. The Morgan fingerprint density at radius 3 is 1.96 bits per heavy atom. The van der Waals surface area contributed by atoms with Crippen LogP contribution in [0.1, 0.15) is 37.3 Å². The normalized spacial score (nSPS) is 10.7. The van der Waals surface area contributed by atoms with Gasteiger partial charge in [0.2, 0.25) is 5.95 Å². The second-order valence-corrected chi connectivity index (χ2v) is 6.56. The summed E-state index contributed by atoms with van der Waals surface area (Å²) >= 11 is 0. The Hall–Kier alpha value is -2.68. The molecule has 2 aromatic carbocycles. The molecule has 0 atom stereocenters. The Kier molecular flexibility index (Phi) is 6.77. The summed E-state index contributed by atoms with van der Waals surface area (Å²) in [5.41, 5.74) is 3.97. The molecule has 0 spiro atoms. The van der Waals surface area contributed by atoms with Crippen LogP contribution < -0.4 is 4.90 Å². The molecule has 0 amide bonds. The molecule has 0 aliphatic heterocycles. The van der Waals surface area contributed by atoms with Crippen molar-refractivity contribution in [2.75, 3.05) is 11.4 Å². The number of para-hydroxylation sites is 1. The fourth-order valence-corrected chi connectivity index (χ4v) is 3.08. The molecule has 0 fully saturated rings. The van der Waals surface area contributed by atoms with E-state index in [2.05, 4.69) is 70.3 Å². The third kappa shape index (κ3) is 5.16. The third-order valence-electron chi connectivity index (χ3n) is 4.55. The molecule has 0 unspecified atom stereocenters. The first-order valence-corrected chi connectivity index (χ1v) is 9.54. The van der Waals surface area contributed by atoms with Gasteiger partial charge in [-0.2, -0.15) is 0 Å². The van der Waals surface area contributed by atoms with Crippen LogP contribution in [0.2, 0.25) is 0 Å². The Labute approximate surface area is 156 Å². The summed E-state index contributed by atoms with van der Waals surface area (Å²) in [7, 11) is 0. The number of anilines is 2. The standard InChI is InChI=1S/C23H27N3/c1-2-3-9-20-13-15-21(16-14-20)10-7-19-26(22-11-5-4-6-12-22)23-24-17-8-18-25-23/h4-6,8,11-18H,2-3,7,9-10,19H2,1H3. The number of aryl methyl sites for hydroxylation is 2. The maximum atomic E-state index is 4.44. The number of nitrogens with zero attached hydrogens (tertiary/aromatic N) is 3. The highest BCUT2D eigenvalue weighted by atomic mass is 15.2. The van der Waals surface area contributed by atoms with E-state index in [4.69, 9.17) is 0 Å². The maximum absolute atomic E-state index is 4.44. The van der Waals surface area contributed by atoms with E-state index in [1.165, 1.54) is 30.4 Å². The molecule has 3 heteroatoms. The van der Waals surface area contributed by atoms with Crippen molar-refractivity contribution in [1.29, 1.82) is 0 Å². The van der Waals surface area contributed by atoms with Crippen molar-refractivity contribution in [1.82, 2.24) is 9.97 Å². The number of hydrogen-bond acceptors (Lipinski definition) is 3. The van der Waals surface area contributed by atoms with Crippen LogP contribution in [0.25, 0.3) is 0 Å². The van der Waals surface area contributed by atoms with Crippen LogP contribution >= 0.6 is 0 Å². The molecule has 0 aliphatic rings. The van der Waals surface area contributed by atoms with E-state index in [1.807, 2.05) is 12.1 Å².